The molecule has 0 aliphatic rings. The van der Waals surface area contributed by atoms with Crippen LogP contribution >= 0.6 is 0 Å². The van der Waals surface area contributed by atoms with E-state index in [-0.39, 0.29) is 0 Å². The standard InChI is InChI=1S/C22H20N4O/c1-3-8-18(9-4-1)17-26(19-10-5-2-6-11-19)22-23-14-13-21(25-22)24-16-20-12-7-15-27-20/h1-15H,16-17H2,(H,23,24,25). The van der Waals surface area contributed by atoms with Gasteiger partial charge in [0.05, 0.1) is 19.4 Å². The molecule has 2 aromatic carbocycles. The highest BCUT2D eigenvalue weighted by Gasteiger charge is 2.13. The van der Waals surface area contributed by atoms with Crippen LogP contribution in [0.1, 0.15) is 11.3 Å². The van der Waals surface area contributed by atoms with Crippen LogP contribution in [0.2, 0.25) is 0 Å². The van der Waals surface area contributed by atoms with Gasteiger partial charge in [0, 0.05) is 11.9 Å². The Hall–Kier alpha value is -3.60. The minimum atomic E-state index is 0.577. The van der Waals surface area contributed by atoms with Gasteiger partial charge < -0.3 is 14.6 Å². The number of anilines is 3. The van der Waals surface area contributed by atoms with Crippen LogP contribution in [0, 0.1) is 0 Å². The lowest BCUT2D eigenvalue weighted by Gasteiger charge is -2.23. The zero-order valence-corrected chi connectivity index (χ0v) is 14.8. The van der Waals surface area contributed by atoms with E-state index in [1.807, 2.05) is 54.6 Å². The predicted octanol–water partition coefficient (Wildman–Crippen LogP) is 5.02. The average molecular weight is 356 g/mol. The van der Waals surface area contributed by atoms with Gasteiger partial charge in [-0.15, -0.1) is 0 Å². The van der Waals surface area contributed by atoms with Crippen molar-refractivity contribution in [2.45, 2.75) is 13.1 Å². The van der Waals surface area contributed by atoms with Gasteiger partial charge >= 0.3 is 0 Å². The van der Waals surface area contributed by atoms with Crippen molar-refractivity contribution in [2.75, 3.05) is 10.2 Å². The van der Waals surface area contributed by atoms with Gasteiger partial charge in [-0.25, -0.2) is 4.98 Å². The zero-order chi connectivity index (χ0) is 18.3. The van der Waals surface area contributed by atoms with Crippen molar-refractivity contribution in [2.24, 2.45) is 0 Å². The lowest BCUT2D eigenvalue weighted by Crippen LogP contribution is -2.19. The maximum absolute atomic E-state index is 5.36. The molecule has 1 N–H and O–H groups in total. The van der Waals surface area contributed by atoms with Crippen molar-refractivity contribution >= 4 is 17.5 Å². The number of nitrogens with one attached hydrogen (secondary N) is 1. The molecule has 0 spiro atoms. The Bertz CT molecular complexity index is 956. The topological polar surface area (TPSA) is 54.2 Å². The summed E-state index contributed by atoms with van der Waals surface area (Å²) in [6.45, 7) is 1.26. The van der Waals surface area contributed by atoms with Gasteiger partial charge in [-0.1, -0.05) is 48.5 Å². The molecule has 2 heterocycles. The summed E-state index contributed by atoms with van der Waals surface area (Å²) in [7, 11) is 0. The van der Waals surface area contributed by atoms with Gasteiger partial charge in [-0.2, -0.15) is 4.98 Å². The van der Waals surface area contributed by atoms with E-state index in [0.717, 1.165) is 17.3 Å². The molecular weight excluding hydrogens is 336 g/mol. The van der Waals surface area contributed by atoms with Gasteiger partial charge in [0.15, 0.2) is 0 Å². The molecule has 0 unspecified atom stereocenters. The highest BCUT2D eigenvalue weighted by atomic mass is 16.3. The molecule has 0 fully saturated rings. The molecule has 5 heteroatoms. The lowest BCUT2D eigenvalue weighted by molar-refractivity contribution is 0.518. The van der Waals surface area contributed by atoms with E-state index in [0.29, 0.717) is 19.0 Å². The Labute approximate surface area is 158 Å². The first-order valence-electron chi connectivity index (χ1n) is 8.84. The third-order valence-corrected chi connectivity index (χ3v) is 4.16. The second-order valence-electron chi connectivity index (χ2n) is 6.08. The monoisotopic (exact) mass is 356 g/mol. The molecule has 0 aliphatic carbocycles. The molecule has 0 bridgehead atoms. The van der Waals surface area contributed by atoms with E-state index in [4.69, 9.17) is 9.40 Å². The van der Waals surface area contributed by atoms with Crippen LogP contribution in [-0.2, 0) is 13.1 Å². The first kappa shape index (κ1) is 16.8. The number of para-hydroxylation sites is 1. The van der Waals surface area contributed by atoms with Gasteiger partial charge in [0.2, 0.25) is 5.95 Å². The highest BCUT2D eigenvalue weighted by molar-refractivity contribution is 5.58. The SMILES string of the molecule is c1ccc(CN(c2ccccc2)c2nccc(NCc3ccco3)n2)cc1. The summed E-state index contributed by atoms with van der Waals surface area (Å²) in [4.78, 5) is 11.3. The van der Waals surface area contributed by atoms with E-state index < -0.39 is 0 Å². The molecule has 5 nitrogen and oxygen atoms in total. The molecule has 4 aromatic rings. The summed E-state index contributed by atoms with van der Waals surface area (Å²) >= 11 is 0. The van der Waals surface area contributed by atoms with Crippen molar-refractivity contribution in [1.29, 1.82) is 0 Å². The maximum Gasteiger partial charge on any atom is 0.232 e. The van der Waals surface area contributed by atoms with Gasteiger partial charge in [-0.3, -0.25) is 0 Å². The molecule has 134 valence electrons. The molecule has 2 aromatic heterocycles. The normalized spacial score (nSPS) is 10.5. The number of furan rings is 1. The van der Waals surface area contributed by atoms with Crippen LogP contribution in [0.4, 0.5) is 17.5 Å². The first-order chi connectivity index (χ1) is 13.4. The molecule has 4 rings (SSSR count). The summed E-state index contributed by atoms with van der Waals surface area (Å²) in [5.74, 6) is 2.26. The van der Waals surface area contributed by atoms with Gasteiger partial charge in [0.25, 0.3) is 0 Å². The smallest absolute Gasteiger partial charge is 0.232 e. The fourth-order valence-corrected chi connectivity index (χ4v) is 2.82. The van der Waals surface area contributed by atoms with Crippen molar-refractivity contribution in [3.05, 3.63) is 103 Å². The summed E-state index contributed by atoms with van der Waals surface area (Å²) in [5, 5.41) is 3.29. The highest BCUT2D eigenvalue weighted by Crippen LogP contribution is 2.25. The predicted molar refractivity (Wildman–Crippen MR) is 107 cm³/mol. The Kier molecular flexibility index (Phi) is 5.11. The number of rotatable bonds is 7. The zero-order valence-electron chi connectivity index (χ0n) is 14.8. The van der Waals surface area contributed by atoms with Crippen molar-refractivity contribution < 1.29 is 4.42 Å². The second kappa shape index (κ2) is 8.19. The van der Waals surface area contributed by atoms with Crippen LogP contribution in [-0.4, -0.2) is 9.97 Å². The van der Waals surface area contributed by atoms with Crippen LogP contribution in [0.15, 0.2) is 95.7 Å². The molecule has 0 saturated heterocycles. The third-order valence-electron chi connectivity index (χ3n) is 4.16. The van der Waals surface area contributed by atoms with E-state index >= 15 is 0 Å². The molecule has 0 atom stereocenters. The van der Waals surface area contributed by atoms with Gasteiger partial charge in [0.1, 0.15) is 11.6 Å². The van der Waals surface area contributed by atoms with E-state index in [9.17, 15) is 0 Å². The molecule has 27 heavy (non-hydrogen) atoms. The maximum atomic E-state index is 5.36. The second-order valence-corrected chi connectivity index (χ2v) is 6.08. The summed E-state index contributed by atoms with van der Waals surface area (Å²) < 4.78 is 5.36. The van der Waals surface area contributed by atoms with E-state index in [1.165, 1.54) is 5.56 Å². The number of nitrogens with zero attached hydrogens (tertiary/aromatic N) is 3. The summed E-state index contributed by atoms with van der Waals surface area (Å²) in [5.41, 5.74) is 2.24. The van der Waals surface area contributed by atoms with Crippen LogP contribution < -0.4 is 10.2 Å². The number of aromatic nitrogens is 2. The van der Waals surface area contributed by atoms with E-state index in [1.54, 1.807) is 12.5 Å². The minimum Gasteiger partial charge on any atom is -0.467 e. The molecule has 0 aliphatic heterocycles. The Balaban J connectivity index is 1.60. The van der Waals surface area contributed by atoms with Gasteiger partial charge in [-0.05, 0) is 35.9 Å². The van der Waals surface area contributed by atoms with E-state index in [2.05, 4.69) is 39.5 Å². The number of benzene rings is 2. The fourth-order valence-electron chi connectivity index (χ4n) is 2.82. The third kappa shape index (κ3) is 4.33. The van der Waals surface area contributed by atoms with Crippen LogP contribution in [0.3, 0.4) is 0 Å². The first-order valence-corrected chi connectivity index (χ1v) is 8.84. The number of hydrogen-bond donors (Lipinski definition) is 1. The molecular formula is C22H20N4O. The van der Waals surface area contributed by atoms with Crippen molar-refractivity contribution in [3.63, 3.8) is 0 Å². The Morgan fingerprint density at radius 2 is 1.63 bits per heavy atom. The minimum absolute atomic E-state index is 0.577. The van der Waals surface area contributed by atoms with Crippen molar-refractivity contribution in [1.82, 2.24) is 9.97 Å². The van der Waals surface area contributed by atoms with Crippen molar-refractivity contribution in [3.8, 4) is 0 Å². The average Bonchev–Trinajstić information content (AvgIpc) is 3.26. The van der Waals surface area contributed by atoms with Crippen LogP contribution in [0.25, 0.3) is 0 Å². The largest absolute Gasteiger partial charge is 0.467 e. The quantitative estimate of drug-likeness (QED) is 0.504. The summed E-state index contributed by atoms with van der Waals surface area (Å²) in [6.07, 6.45) is 3.44. The number of hydrogen-bond acceptors (Lipinski definition) is 5. The lowest BCUT2D eigenvalue weighted by atomic mass is 10.2. The molecule has 0 saturated carbocycles. The Morgan fingerprint density at radius 3 is 2.37 bits per heavy atom. The fraction of sp³-hybridized carbons (Fsp3) is 0.0909. The summed E-state index contributed by atoms with van der Waals surface area (Å²) in [6, 6.07) is 26.2. The van der Waals surface area contributed by atoms with Crippen LogP contribution in [0.5, 0.6) is 0 Å². The molecule has 0 amide bonds. The molecule has 0 radical (unpaired) electrons. The Morgan fingerprint density at radius 1 is 0.852 bits per heavy atom.